The van der Waals surface area contributed by atoms with E-state index >= 15 is 4.39 Å². The van der Waals surface area contributed by atoms with Crippen molar-refractivity contribution in [3.05, 3.63) is 82.2 Å². The van der Waals surface area contributed by atoms with Crippen LogP contribution in [-0.4, -0.2) is 55.4 Å². The first-order chi connectivity index (χ1) is 20.5. The molecule has 1 amide bonds. The van der Waals surface area contributed by atoms with Crippen molar-refractivity contribution in [2.45, 2.75) is 57.1 Å². The minimum absolute atomic E-state index is 0.0616. The number of halogens is 1. The van der Waals surface area contributed by atoms with Gasteiger partial charge in [-0.05, 0) is 79.9 Å². The van der Waals surface area contributed by atoms with Crippen LogP contribution >= 0.6 is 0 Å². The molecule has 0 atom stereocenters. The van der Waals surface area contributed by atoms with Crippen LogP contribution in [0.1, 0.15) is 76.1 Å². The molecule has 2 aromatic heterocycles. The number of nitrogens with one attached hydrogen (secondary N) is 1. The number of aliphatic hydroxyl groups is 1. The Labute approximate surface area is 242 Å². The summed E-state index contributed by atoms with van der Waals surface area (Å²) in [6.45, 7) is 1.97. The van der Waals surface area contributed by atoms with Gasteiger partial charge in [-0.25, -0.2) is 9.37 Å². The highest BCUT2D eigenvalue weighted by molar-refractivity contribution is 6.09. The van der Waals surface area contributed by atoms with E-state index < -0.39 is 11.7 Å². The number of amides is 1. The molecule has 11 heteroatoms. The largest absolute Gasteiger partial charge is 0.392 e. The van der Waals surface area contributed by atoms with Crippen LogP contribution in [0.4, 0.5) is 16.0 Å². The summed E-state index contributed by atoms with van der Waals surface area (Å²) < 4.78 is 17.2. The number of nitrogens with two attached hydrogens (primary N) is 1. The normalized spacial score (nSPS) is 17.5. The quantitative estimate of drug-likeness (QED) is 0.308. The van der Waals surface area contributed by atoms with E-state index in [-0.39, 0.29) is 18.1 Å². The number of nitrogen functional groups attached to an aromatic ring is 1. The Kier molecular flexibility index (Phi) is 6.91. The fourth-order valence-corrected chi connectivity index (χ4v) is 6.24. The molecule has 1 saturated heterocycles. The van der Waals surface area contributed by atoms with Crippen molar-refractivity contribution in [3.63, 3.8) is 0 Å². The molecule has 4 N–H and O–H groups in total. The molecular weight excluding hydrogens is 535 g/mol. The average Bonchev–Trinajstić information content (AvgIpc) is 3.75. The lowest BCUT2D eigenvalue weighted by atomic mass is 9.93. The summed E-state index contributed by atoms with van der Waals surface area (Å²) in [5.41, 5.74) is 10.4. The van der Waals surface area contributed by atoms with E-state index in [0.717, 1.165) is 55.5 Å². The summed E-state index contributed by atoms with van der Waals surface area (Å²) in [4.78, 5) is 28.6. The Bertz CT molecular complexity index is 1660. The van der Waals surface area contributed by atoms with E-state index in [2.05, 4.69) is 20.4 Å². The third-order valence-electron chi connectivity index (χ3n) is 8.55. The van der Waals surface area contributed by atoms with Crippen molar-refractivity contribution in [2.24, 2.45) is 0 Å². The highest BCUT2D eigenvalue weighted by Gasteiger charge is 2.33. The second-order valence-corrected chi connectivity index (χ2v) is 11.4. The van der Waals surface area contributed by atoms with Gasteiger partial charge in [-0.1, -0.05) is 18.2 Å². The number of aliphatic hydroxyl groups excluding tert-OH is 1. The first-order valence-electron chi connectivity index (χ1n) is 14.6. The third-order valence-corrected chi connectivity index (χ3v) is 8.55. The zero-order valence-electron chi connectivity index (χ0n) is 23.3. The summed E-state index contributed by atoms with van der Waals surface area (Å²) in [5, 5.41) is 18.4. The molecule has 42 heavy (non-hydrogen) atoms. The molecule has 1 aliphatic carbocycles. The topological polar surface area (TPSA) is 135 Å². The van der Waals surface area contributed by atoms with Crippen LogP contribution in [0.3, 0.4) is 0 Å². The van der Waals surface area contributed by atoms with Gasteiger partial charge < -0.3 is 21.1 Å². The molecule has 2 aliphatic heterocycles. The molecule has 0 spiro atoms. The van der Waals surface area contributed by atoms with Gasteiger partial charge in [-0.3, -0.25) is 9.48 Å². The van der Waals surface area contributed by atoms with Crippen molar-refractivity contribution in [1.29, 1.82) is 0 Å². The second-order valence-electron chi connectivity index (χ2n) is 11.4. The number of rotatable bonds is 7. The van der Waals surface area contributed by atoms with Gasteiger partial charge in [-0.15, -0.1) is 0 Å². The number of piperidine rings is 1. The van der Waals surface area contributed by atoms with Gasteiger partial charge in [0.1, 0.15) is 11.6 Å². The minimum Gasteiger partial charge on any atom is -0.392 e. The maximum Gasteiger partial charge on any atom is 0.261 e. The number of anilines is 2. The van der Waals surface area contributed by atoms with Crippen LogP contribution in [-0.2, 0) is 19.4 Å². The molecule has 216 valence electrons. The number of benzene rings is 2. The number of carbonyl (C=O) groups is 1. The zero-order valence-corrected chi connectivity index (χ0v) is 23.3. The predicted octanol–water partition coefficient (Wildman–Crippen LogP) is 3.54. The third kappa shape index (κ3) is 5.03. The van der Waals surface area contributed by atoms with Gasteiger partial charge in [0.15, 0.2) is 5.82 Å². The van der Waals surface area contributed by atoms with Crippen LogP contribution in [0.2, 0.25) is 0 Å². The maximum absolute atomic E-state index is 15.2. The number of hydrogen-bond acceptors (Lipinski definition) is 8. The molecule has 7 rings (SSSR count). The van der Waals surface area contributed by atoms with Gasteiger partial charge in [-0.2, -0.15) is 15.1 Å². The summed E-state index contributed by atoms with van der Waals surface area (Å²) in [7, 11) is 0. The molecule has 0 unspecified atom stereocenters. The molecule has 3 aliphatic rings. The molecule has 2 fully saturated rings. The fraction of sp³-hybridized carbons (Fsp3) is 0.387. The van der Waals surface area contributed by atoms with E-state index in [4.69, 9.17) is 10.7 Å². The highest BCUT2D eigenvalue weighted by Crippen LogP contribution is 2.42. The SMILES string of the molecule is Nc1nc(Cc2cnn(C3CCNCC3)c2)nc(-c2cccc(N3CCc4cc(C5CC5)cc(F)c4C3=O)c2CO)n1. The minimum atomic E-state index is -0.482. The van der Waals surface area contributed by atoms with E-state index in [9.17, 15) is 9.90 Å². The molecule has 2 aromatic carbocycles. The van der Waals surface area contributed by atoms with E-state index in [1.54, 1.807) is 18.2 Å². The Morgan fingerprint density at radius 1 is 1.10 bits per heavy atom. The van der Waals surface area contributed by atoms with Crippen LogP contribution in [0.15, 0.2) is 42.7 Å². The van der Waals surface area contributed by atoms with Gasteiger partial charge in [0.05, 0.1) is 30.1 Å². The summed E-state index contributed by atoms with van der Waals surface area (Å²) in [6, 6.07) is 9.18. The summed E-state index contributed by atoms with van der Waals surface area (Å²) in [5.74, 6) is 0.353. The number of carbonyl (C=O) groups excluding carboxylic acids is 1. The van der Waals surface area contributed by atoms with Gasteiger partial charge in [0, 0.05) is 30.3 Å². The molecule has 10 nitrogen and oxygen atoms in total. The Balaban J connectivity index is 1.18. The molecule has 4 aromatic rings. The molecule has 4 heterocycles. The monoisotopic (exact) mass is 568 g/mol. The molecular formula is C31H33FN8O2. The van der Waals surface area contributed by atoms with E-state index in [0.29, 0.717) is 59.8 Å². The highest BCUT2D eigenvalue weighted by atomic mass is 19.1. The summed E-state index contributed by atoms with van der Waals surface area (Å²) in [6.07, 6.45) is 9.00. The maximum atomic E-state index is 15.2. The van der Waals surface area contributed by atoms with Crippen LogP contribution in [0, 0.1) is 5.82 Å². The average molecular weight is 569 g/mol. The smallest absolute Gasteiger partial charge is 0.261 e. The number of fused-ring (bicyclic) bond motifs is 1. The Morgan fingerprint density at radius 3 is 2.71 bits per heavy atom. The fourth-order valence-electron chi connectivity index (χ4n) is 6.24. The van der Waals surface area contributed by atoms with Gasteiger partial charge >= 0.3 is 0 Å². The van der Waals surface area contributed by atoms with Gasteiger partial charge in [0.25, 0.3) is 5.91 Å². The summed E-state index contributed by atoms with van der Waals surface area (Å²) >= 11 is 0. The molecule has 0 bridgehead atoms. The first kappa shape index (κ1) is 26.7. The van der Waals surface area contributed by atoms with E-state index in [1.807, 2.05) is 23.1 Å². The Morgan fingerprint density at radius 2 is 1.93 bits per heavy atom. The van der Waals surface area contributed by atoms with Gasteiger partial charge in [0.2, 0.25) is 5.95 Å². The van der Waals surface area contributed by atoms with E-state index in [1.165, 1.54) is 11.0 Å². The zero-order chi connectivity index (χ0) is 28.8. The van der Waals surface area contributed by atoms with Crippen molar-refractivity contribution in [2.75, 3.05) is 30.3 Å². The first-order valence-corrected chi connectivity index (χ1v) is 14.6. The standard InChI is InChI=1S/C31H33FN8O2/c32-25-14-21(19-4-5-19)13-20-8-11-39(30(42)28(20)25)26-3-1-2-23(24(26)17-41)29-36-27(37-31(33)38-29)12-18-15-35-40(16-18)22-6-9-34-10-7-22/h1-3,13-16,19,22,34,41H,4-12,17H2,(H2,33,36,37,38). The van der Waals surface area contributed by atoms with Crippen LogP contribution in [0.25, 0.3) is 11.4 Å². The molecule has 0 radical (unpaired) electrons. The predicted molar refractivity (Wildman–Crippen MR) is 156 cm³/mol. The number of hydrogen-bond donors (Lipinski definition) is 3. The van der Waals surface area contributed by atoms with Crippen molar-refractivity contribution in [1.82, 2.24) is 30.0 Å². The van der Waals surface area contributed by atoms with Crippen molar-refractivity contribution >= 4 is 17.5 Å². The lowest BCUT2D eigenvalue weighted by Gasteiger charge is -2.31. The molecule has 1 saturated carbocycles. The second kappa shape index (κ2) is 10.9. The Hall–Kier alpha value is -4.22. The van der Waals surface area contributed by atoms with Crippen LogP contribution < -0.4 is 16.0 Å². The number of aromatic nitrogens is 5. The lowest BCUT2D eigenvalue weighted by molar-refractivity contribution is 0.0976. The van der Waals surface area contributed by atoms with Crippen LogP contribution in [0.5, 0.6) is 0 Å². The lowest BCUT2D eigenvalue weighted by Crippen LogP contribution is -2.39. The van der Waals surface area contributed by atoms with Crippen molar-refractivity contribution in [3.8, 4) is 11.4 Å². The number of nitrogens with zero attached hydrogens (tertiary/aromatic N) is 6. The van der Waals surface area contributed by atoms with Crippen molar-refractivity contribution < 1.29 is 14.3 Å².